The molecular weight excluding hydrogens is 553 g/mol. The molecule has 2 aromatic carbocycles. The van der Waals surface area contributed by atoms with Crippen LogP contribution in [0.4, 0.5) is 10.2 Å². The van der Waals surface area contributed by atoms with Gasteiger partial charge in [0, 0.05) is 37.1 Å². The normalized spacial score (nSPS) is 16.2. The number of piperidine rings is 1. The number of hydrogen-bond donors (Lipinski definition) is 1. The number of carbonyl (C=O) groups is 1. The third kappa shape index (κ3) is 6.02. The van der Waals surface area contributed by atoms with Crippen molar-refractivity contribution in [3.63, 3.8) is 0 Å². The molecule has 0 unspecified atom stereocenters. The summed E-state index contributed by atoms with van der Waals surface area (Å²) >= 11 is 0. The van der Waals surface area contributed by atoms with Crippen molar-refractivity contribution in [1.29, 1.82) is 0 Å². The number of aldehydes is 1. The molecule has 2 fully saturated rings. The molecule has 2 saturated heterocycles. The topological polar surface area (TPSA) is 93.2 Å². The predicted octanol–water partition coefficient (Wildman–Crippen LogP) is 5.77. The van der Waals surface area contributed by atoms with Crippen molar-refractivity contribution in [2.24, 2.45) is 5.41 Å². The first-order valence-corrected chi connectivity index (χ1v) is 14.8. The van der Waals surface area contributed by atoms with Crippen LogP contribution in [0.15, 0.2) is 91.8 Å². The monoisotopic (exact) mass is 589 g/mol. The second-order valence-corrected chi connectivity index (χ2v) is 11.8. The quantitative estimate of drug-likeness (QED) is 0.199. The van der Waals surface area contributed by atoms with Crippen LogP contribution >= 0.6 is 0 Å². The van der Waals surface area contributed by atoms with Crippen LogP contribution in [0, 0.1) is 11.2 Å². The average Bonchev–Trinajstić information content (AvgIpc) is 3.41. The van der Waals surface area contributed by atoms with Gasteiger partial charge in [-0.25, -0.2) is 14.4 Å². The first kappa shape index (κ1) is 29.3. The maximum Gasteiger partial charge on any atom is 0.149 e. The number of nitrogens with two attached hydrogens (primary N) is 1. The standard InChI is InChI=1S/C32H32FN7.C3H4O/c1-38-15-12-32(13-16-38)20-39(21-32)19-22-4-10-25(11-5-22)40-29-17-27(23-6-8-24(33)9-7-23)36-18-28(29)37-31(40)26-3-2-14-35-30(26)34;1-2-3-4/h2-11,14,17-18H,12-13,15-16,19-21H2,1H3,(H2,34,35);2-3H,1H2. The number of likely N-dealkylation sites (tertiary alicyclic amines) is 2. The molecule has 1 spiro atoms. The van der Waals surface area contributed by atoms with Gasteiger partial charge in [0.05, 0.1) is 23.0 Å². The fraction of sp³-hybridized carbons (Fsp3) is 0.257. The Morgan fingerprint density at radius 1 is 1.02 bits per heavy atom. The molecule has 2 aliphatic rings. The van der Waals surface area contributed by atoms with E-state index < -0.39 is 0 Å². The number of carbonyl (C=O) groups excluding carboxylic acids is 1. The molecule has 2 N–H and O–H groups in total. The van der Waals surface area contributed by atoms with E-state index in [4.69, 9.17) is 15.5 Å². The van der Waals surface area contributed by atoms with Crippen molar-refractivity contribution in [1.82, 2.24) is 29.3 Å². The second kappa shape index (κ2) is 12.5. The summed E-state index contributed by atoms with van der Waals surface area (Å²) in [6, 6.07) is 20.9. The third-order valence-corrected chi connectivity index (χ3v) is 8.62. The molecule has 3 aromatic heterocycles. The number of benzene rings is 2. The molecule has 0 saturated carbocycles. The van der Waals surface area contributed by atoms with Gasteiger partial charge in [0.1, 0.15) is 29.3 Å². The van der Waals surface area contributed by atoms with Crippen LogP contribution in [0.1, 0.15) is 18.4 Å². The summed E-state index contributed by atoms with van der Waals surface area (Å²) in [5, 5.41) is 0. The van der Waals surface area contributed by atoms with Gasteiger partial charge in [0.2, 0.25) is 0 Å². The largest absolute Gasteiger partial charge is 0.383 e. The summed E-state index contributed by atoms with van der Waals surface area (Å²) in [4.78, 5) is 27.9. The second-order valence-electron chi connectivity index (χ2n) is 11.8. The number of hydrogen-bond acceptors (Lipinski definition) is 7. The number of aromatic nitrogens is 4. The van der Waals surface area contributed by atoms with Crippen LogP contribution in [-0.4, -0.2) is 68.8 Å². The van der Waals surface area contributed by atoms with E-state index >= 15 is 0 Å². The van der Waals surface area contributed by atoms with Crippen molar-refractivity contribution in [3.05, 3.63) is 103 Å². The molecule has 5 aromatic rings. The summed E-state index contributed by atoms with van der Waals surface area (Å²) in [7, 11) is 2.22. The molecule has 0 amide bonds. The summed E-state index contributed by atoms with van der Waals surface area (Å²) in [6.45, 7) is 8.88. The molecule has 224 valence electrons. The number of halogens is 1. The number of allylic oxidation sites excluding steroid dienone is 1. The zero-order valence-electron chi connectivity index (χ0n) is 24.9. The lowest BCUT2D eigenvalue weighted by atomic mass is 9.72. The lowest BCUT2D eigenvalue weighted by Crippen LogP contribution is -2.59. The van der Waals surface area contributed by atoms with Gasteiger partial charge in [-0.3, -0.25) is 19.2 Å². The van der Waals surface area contributed by atoms with E-state index in [0.29, 0.717) is 23.3 Å². The minimum Gasteiger partial charge on any atom is -0.383 e. The van der Waals surface area contributed by atoms with Crippen molar-refractivity contribution in [2.45, 2.75) is 19.4 Å². The highest BCUT2D eigenvalue weighted by Crippen LogP contribution is 2.41. The zero-order chi connectivity index (χ0) is 30.7. The Morgan fingerprint density at radius 2 is 1.73 bits per heavy atom. The number of anilines is 1. The van der Waals surface area contributed by atoms with Crippen molar-refractivity contribution in [3.8, 4) is 28.3 Å². The number of pyridine rings is 2. The first-order valence-electron chi connectivity index (χ1n) is 14.8. The highest BCUT2D eigenvalue weighted by atomic mass is 19.1. The van der Waals surface area contributed by atoms with E-state index in [-0.39, 0.29) is 5.82 Å². The zero-order valence-corrected chi connectivity index (χ0v) is 24.9. The molecule has 0 bridgehead atoms. The van der Waals surface area contributed by atoms with Crippen LogP contribution in [0.3, 0.4) is 0 Å². The lowest BCUT2D eigenvalue weighted by molar-refractivity contribution is -0.104. The fourth-order valence-electron chi connectivity index (χ4n) is 6.24. The van der Waals surface area contributed by atoms with E-state index in [1.807, 2.05) is 18.2 Å². The van der Waals surface area contributed by atoms with Gasteiger partial charge in [0.25, 0.3) is 0 Å². The van der Waals surface area contributed by atoms with Gasteiger partial charge in [-0.2, -0.15) is 0 Å². The van der Waals surface area contributed by atoms with Crippen molar-refractivity contribution >= 4 is 23.1 Å². The van der Waals surface area contributed by atoms with Crippen molar-refractivity contribution < 1.29 is 9.18 Å². The Kier molecular flexibility index (Phi) is 8.32. The Labute approximate surface area is 256 Å². The SMILES string of the molecule is C=CC=O.CN1CCC2(CC1)CN(Cc1ccc(-n3c(-c4cccnc4N)nc4cnc(-c5ccc(F)cc5)cc43)cc1)C2. The number of imidazole rings is 1. The number of nitrogens with zero attached hydrogens (tertiary/aromatic N) is 6. The minimum atomic E-state index is -0.274. The molecule has 0 radical (unpaired) electrons. The summed E-state index contributed by atoms with van der Waals surface area (Å²) in [6.07, 6.45) is 7.89. The Hall–Kier alpha value is -4.73. The molecule has 0 aliphatic carbocycles. The van der Waals surface area contributed by atoms with E-state index in [9.17, 15) is 4.39 Å². The molecular formula is C35H36FN7O. The minimum absolute atomic E-state index is 0.274. The third-order valence-electron chi connectivity index (χ3n) is 8.62. The van der Waals surface area contributed by atoms with Crippen LogP contribution in [0.5, 0.6) is 0 Å². The van der Waals surface area contributed by atoms with Crippen LogP contribution in [-0.2, 0) is 11.3 Å². The van der Waals surface area contributed by atoms with Gasteiger partial charge in [-0.15, -0.1) is 0 Å². The molecule has 44 heavy (non-hydrogen) atoms. The van der Waals surface area contributed by atoms with Crippen LogP contribution < -0.4 is 5.73 Å². The van der Waals surface area contributed by atoms with Gasteiger partial charge in [-0.1, -0.05) is 18.7 Å². The van der Waals surface area contributed by atoms with E-state index in [2.05, 4.69) is 62.2 Å². The van der Waals surface area contributed by atoms with Gasteiger partial charge >= 0.3 is 0 Å². The first-order chi connectivity index (χ1) is 21.4. The summed E-state index contributed by atoms with van der Waals surface area (Å²) in [5.41, 5.74) is 13.1. The molecule has 5 heterocycles. The lowest BCUT2D eigenvalue weighted by Gasteiger charge is -2.54. The van der Waals surface area contributed by atoms with Crippen LogP contribution in [0.2, 0.25) is 0 Å². The van der Waals surface area contributed by atoms with Gasteiger partial charge in [-0.05, 0) is 105 Å². The van der Waals surface area contributed by atoms with Gasteiger partial charge in [0.15, 0.2) is 0 Å². The van der Waals surface area contributed by atoms with Gasteiger partial charge < -0.3 is 10.6 Å². The maximum atomic E-state index is 13.6. The highest BCUT2D eigenvalue weighted by molar-refractivity contribution is 5.87. The highest BCUT2D eigenvalue weighted by Gasteiger charge is 2.43. The number of rotatable bonds is 6. The van der Waals surface area contributed by atoms with E-state index in [1.54, 1.807) is 24.5 Å². The Balaban J connectivity index is 0.000000810. The molecule has 2 aliphatic heterocycles. The molecule has 0 atom stereocenters. The molecule has 7 rings (SSSR count). The molecule has 8 nitrogen and oxygen atoms in total. The smallest absolute Gasteiger partial charge is 0.149 e. The molecule has 9 heteroatoms. The average molecular weight is 590 g/mol. The maximum absolute atomic E-state index is 13.6. The fourth-order valence-corrected chi connectivity index (χ4v) is 6.24. The van der Waals surface area contributed by atoms with Crippen LogP contribution in [0.25, 0.3) is 39.4 Å². The van der Waals surface area contributed by atoms with Crippen molar-refractivity contribution in [2.75, 3.05) is 39.0 Å². The summed E-state index contributed by atoms with van der Waals surface area (Å²) in [5.74, 6) is 0.852. The number of fused-ring (bicyclic) bond motifs is 1. The predicted molar refractivity (Wildman–Crippen MR) is 173 cm³/mol. The Bertz CT molecular complexity index is 1760. The van der Waals surface area contributed by atoms with E-state index in [0.717, 1.165) is 40.1 Å². The number of nitrogen functional groups attached to an aromatic ring is 1. The summed E-state index contributed by atoms with van der Waals surface area (Å²) < 4.78 is 15.7. The Morgan fingerprint density at radius 3 is 2.39 bits per heavy atom. The van der Waals surface area contributed by atoms with E-state index in [1.165, 1.54) is 62.8 Å².